The first kappa shape index (κ1) is 17.1. The fraction of sp³-hybridized carbons (Fsp3) is 0.467. The molecule has 0 aromatic heterocycles. The van der Waals surface area contributed by atoms with Gasteiger partial charge in [-0.25, -0.2) is 4.79 Å². The maximum Gasteiger partial charge on any atom is 0.411 e. The van der Waals surface area contributed by atoms with Crippen LogP contribution in [0.3, 0.4) is 0 Å². The van der Waals surface area contributed by atoms with Gasteiger partial charge in [0.1, 0.15) is 12.1 Å². The quantitative estimate of drug-likeness (QED) is 0.889. The van der Waals surface area contributed by atoms with E-state index in [1.807, 2.05) is 5.32 Å². The van der Waals surface area contributed by atoms with Crippen LogP contribution in [0.15, 0.2) is 30.3 Å². The zero-order chi connectivity index (χ0) is 17.1. The summed E-state index contributed by atoms with van der Waals surface area (Å²) in [6.45, 7) is -0.164. The summed E-state index contributed by atoms with van der Waals surface area (Å²) in [7, 11) is 0. The molecule has 2 N–H and O–H groups in total. The molecule has 23 heavy (non-hydrogen) atoms. The molecule has 0 spiro atoms. The smallest absolute Gasteiger partial charge is 0.411 e. The lowest BCUT2D eigenvalue weighted by atomic mass is 9.95. The zero-order valence-electron chi connectivity index (χ0n) is 12.1. The number of aliphatic carboxylic acids is 1. The number of alkyl halides is 3. The minimum atomic E-state index is -4.75. The fourth-order valence-electron chi connectivity index (χ4n) is 2.65. The van der Waals surface area contributed by atoms with Crippen LogP contribution in [0.4, 0.5) is 18.0 Å². The second-order valence-corrected chi connectivity index (χ2v) is 5.54. The van der Waals surface area contributed by atoms with E-state index in [9.17, 15) is 22.8 Å². The van der Waals surface area contributed by atoms with Gasteiger partial charge < -0.3 is 15.2 Å². The predicted molar refractivity (Wildman–Crippen MR) is 73.5 cm³/mol. The van der Waals surface area contributed by atoms with Crippen LogP contribution in [0.1, 0.15) is 24.8 Å². The van der Waals surface area contributed by atoms with E-state index in [0.29, 0.717) is 5.56 Å². The van der Waals surface area contributed by atoms with E-state index in [4.69, 9.17) is 9.84 Å². The summed E-state index contributed by atoms with van der Waals surface area (Å²) in [5, 5.41) is 10.7. The highest BCUT2D eigenvalue weighted by Gasteiger charge is 2.60. The molecule has 1 aliphatic carbocycles. The van der Waals surface area contributed by atoms with E-state index in [-0.39, 0.29) is 13.0 Å². The fourth-order valence-corrected chi connectivity index (χ4v) is 2.65. The van der Waals surface area contributed by atoms with Gasteiger partial charge in [-0.1, -0.05) is 30.3 Å². The molecule has 0 aliphatic heterocycles. The Kier molecular flexibility index (Phi) is 4.82. The number of nitrogens with one attached hydrogen (secondary N) is 1. The number of amides is 1. The molecule has 0 heterocycles. The van der Waals surface area contributed by atoms with Crippen molar-refractivity contribution in [2.24, 2.45) is 5.92 Å². The number of rotatable bonds is 4. The van der Waals surface area contributed by atoms with Gasteiger partial charge in [0.15, 0.2) is 0 Å². The number of halogens is 3. The van der Waals surface area contributed by atoms with Crippen molar-refractivity contribution in [2.45, 2.75) is 37.6 Å². The molecule has 1 saturated carbocycles. The molecule has 2 atom stereocenters. The summed E-state index contributed by atoms with van der Waals surface area (Å²) in [5.74, 6) is -2.43. The van der Waals surface area contributed by atoms with Crippen molar-refractivity contribution in [1.29, 1.82) is 0 Å². The van der Waals surface area contributed by atoms with Crippen LogP contribution in [0.5, 0.6) is 0 Å². The van der Waals surface area contributed by atoms with Crippen LogP contribution in [-0.2, 0) is 16.1 Å². The molecule has 1 aromatic carbocycles. The summed E-state index contributed by atoms with van der Waals surface area (Å²) >= 11 is 0. The summed E-state index contributed by atoms with van der Waals surface area (Å²) in [4.78, 5) is 22.6. The normalized spacial score (nSPS) is 24.2. The molecule has 1 amide bonds. The lowest BCUT2D eigenvalue weighted by Crippen LogP contribution is -2.57. The number of hydrogen-bond acceptors (Lipinski definition) is 3. The van der Waals surface area contributed by atoms with E-state index in [2.05, 4.69) is 0 Å². The molecule has 2 unspecified atom stereocenters. The number of hydrogen-bond donors (Lipinski definition) is 2. The van der Waals surface area contributed by atoms with Crippen molar-refractivity contribution < 1.29 is 32.6 Å². The Morgan fingerprint density at radius 3 is 2.48 bits per heavy atom. The second-order valence-electron chi connectivity index (χ2n) is 5.54. The molecule has 0 bridgehead atoms. The molecule has 0 radical (unpaired) electrons. The monoisotopic (exact) mass is 331 g/mol. The molecular weight excluding hydrogens is 315 g/mol. The summed E-state index contributed by atoms with van der Waals surface area (Å²) < 4.78 is 44.7. The van der Waals surface area contributed by atoms with Crippen LogP contribution >= 0.6 is 0 Å². The van der Waals surface area contributed by atoms with Gasteiger partial charge in [0, 0.05) is 0 Å². The molecule has 1 aromatic rings. The topological polar surface area (TPSA) is 75.6 Å². The highest BCUT2D eigenvalue weighted by atomic mass is 19.4. The summed E-state index contributed by atoms with van der Waals surface area (Å²) in [6.07, 6.45) is -7.27. The van der Waals surface area contributed by atoms with Crippen LogP contribution < -0.4 is 5.32 Å². The van der Waals surface area contributed by atoms with E-state index < -0.39 is 42.5 Å². The van der Waals surface area contributed by atoms with Gasteiger partial charge in [-0.15, -0.1) is 0 Å². The Morgan fingerprint density at radius 2 is 1.96 bits per heavy atom. The highest BCUT2D eigenvalue weighted by Crippen LogP contribution is 2.45. The third-order valence-electron chi connectivity index (χ3n) is 3.96. The first-order chi connectivity index (χ1) is 10.7. The lowest BCUT2D eigenvalue weighted by Gasteiger charge is -2.32. The third-order valence-corrected chi connectivity index (χ3v) is 3.96. The standard InChI is InChI=1S/C15H16F3NO4/c16-15(17,18)14(7-6-11(8-14)12(20)21)19-13(22)23-9-10-4-2-1-3-5-10/h1-5,11H,6-9H2,(H,19,22)(H,20,21). The SMILES string of the molecule is O=C(NC1(C(F)(F)F)CCC(C(=O)O)C1)OCc1ccccc1. The number of ether oxygens (including phenoxy) is 1. The predicted octanol–water partition coefficient (Wildman–Crippen LogP) is 3.10. The number of carboxylic acids is 1. The molecule has 5 nitrogen and oxygen atoms in total. The van der Waals surface area contributed by atoms with E-state index >= 15 is 0 Å². The Balaban J connectivity index is 2.01. The second kappa shape index (κ2) is 6.47. The zero-order valence-corrected chi connectivity index (χ0v) is 12.1. The van der Waals surface area contributed by atoms with Gasteiger partial charge in [0.25, 0.3) is 0 Å². The van der Waals surface area contributed by atoms with Crippen molar-refractivity contribution in [3.63, 3.8) is 0 Å². The summed E-state index contributed by atoms with van der Waals surface area (Å²) in [5.41, 5.74) is -1.91. The molecule has 2 rings (SSSR count). The molecule has 126 valence electrons. The average Bonchev–Trinajstić information content (AvgIpc) is 2.92. The number of alkyl carbamates (subject to hydrolysis) is 1. The summed E-state index contributed by atoms with van der Waals surface area (Å²) in [6, 6.07) is 8.52. The van der Waals surface area contributed by atoms with Crippen molar-refractivity contribution in [3.05, 3.63) is 35.9 Å². The van der Waals surface area contributed by atoms with Gasteiger partial charge in [0.05, 0.1) is 5.92 Å². The van der Waals surface area contributed by atoms with Crippen molar-refractivity contribution >= 4 is 12.1 Å². The molecule has 8 heteroatoms. The number of carboxylic acid groups (broad SMARTS) is 1. The lowest BCUT2D eigenvalue weighted by molar-refractivity contribution is -0.194. The Hall–Kier alpha value is -2.25. The number of carbonyl (C=O) groups is 2. The maximum absolute atomic E-state index is 13.3. The van der Waals surface area contributed by atoms with Crippen LogP contribution in [-0.4, -0.2) is 28.9 Å². The van der Waals surface area contributed by atoms with Crippen molar-refractivity contribution in [2.75, 3.05) is 0 Å². The first-order valence-corrected chi connectivity index (χ1v) is 7.02. The third kappa shape index (κ3) is 3.94. The van der Waals surface area contributed by atoms with Crippen LogP contribution in [0, 0.1) is 5.92 Å². The van der Waals surface area contributed by atoms with Crippen LogP contribution in [0.2, 0.25) is 0 Å². The molecule has 1 fully saturated rings. The largest absolute Gasteiger partial charge is 0.481 e. The highest BCUT2D eigenvalue weighted by molar-refractivity contribution is 5.72. The molecular formula is C15H16F3NO4. The molecule has 1 aliphatic rings. The van der Waals surface area contributed by atoms with E-state index in [1.165, 1.54) is 0 Å². The van der Waals surface area contributed by atoms with Gasteiger partial charge in [-0.3, -0.25) is 4.79 Å². The number of carbonyl (C=O) groups excluding carboxylic acids is 1. The number of benzene rings is 1. The minimum Gasteiger partial charge on any atom is -0.481 e. The van der Waals surface area contributed by atoms with Gasteiger partial charge in [-0.05, 0) is 24.8 Å². The van der Waals surface area contributed by atoms with Crippen LogP contribution in [0.25, 0.3) is 0 Å². The van der Waals surface area contributed by atoms with E-state index in [0.717, 1.165) is 0 Å². The Bertz CT molecular complexity index is 576. The Labute approximate surface area is 130 Å². The first-order valence-electron chi connectivity index (χ1n) is 7.02. The van der Waals surface area contributed by atoms with E-state index in [1.54, 1.807) is 30.3 Å². The van der Waals surface area contributed by atoms with Gasteiger partial charge >= 0.3 is 18.2 Å². The van der Waals surface area contributed by atoms with Crippen molar-refractivity contribution in [1.82, 2.24) is 5.32 Å². The Morgan fingerprint density at radius 1 is 1.30 bits per heavy atom. The van der Waals surface area contributed by atoms with Crippen molar-refractivity contribution in [3.8, 4) is 0 Å². The molecule has 0 saturated heterocycles. The maximum atomic E-state index is 13.3. The minimum absolute atomic E-state index is 0.145. The van der Waals surface area contributed by atoms with Gasteiger partial charge in [-0.2, -0.15) is 13.2 Å². The average molecular weight is 331 g/mol. The van der Waals surface area contributed by atoms with Gasteiger partial charge in [0.2, 0.25) is 0 Å².